The SMILES string of the molecule is C/C=C/CCNC(=NC)NC(C)C(C)c1ccccc1. The number of allylic oxidation sites excluding steroid dienone is 1. The van der Waals surface area contributed by atoms with Crippen molar-refractivity contribution >= 4 is 5.96 Å². The molecule has 110 valence electrons. The second kappa shape index (κ2) is 9.18. The van der Waals surface area contributed by atoms with Crippen molar-refractivity contribution in [3.05, 3.63) is 48.0 Å². The third kappa shape index (κ3) is 5.47. The van der Waals surface area contributed by atoms with Gasteiger partial charge in [-0.05, 0) is 25.8 Å². The lowest BCUT2D eigenvalue weighted by atomic mass is 9.94. The Labute approximate surface area is 123 Å². The third-order valence-corrected chi connectivity index (χ3v) is 3.50. The van der Waals surface area contributed by atoms with Crippen LogP contribution in [0.3, 0.4) is 0 Å². The number of rotatable bonds is 6. The van der Waals surface area contributed by atoms with E-state index < -0.39 is 0 Å². The van der Waals surface area contributed by atoms with Gasteiger partial charge in [0.1, 0.15) is 0 Å². The molecule has 0 aliphatic rings. The first-order chi connectivity index (χ1) is 9.69. The molecule has 20 heavy (non-hydrogen) atoms. The molecule has 0 amide bonds. The number of nitrogens with one attached hydrogen (secondary N) is 2. The molecule has 0 aliphatic heterocycles. The first-order valence-corrected chi connectivity index (χ1v) is 7.32. The van der Waals surface area contributed by atoms with Gasteiger partial charge in [0.15, 0.2) is 5.96 Å². The molecule has 3 heteroatoms. The molecule has 0 fully saturated rings. The van der Waals surface area contributed by atoms with Crippen LogP contribution in [0, 0.1) is 0 Å². The van der Waals surface area contributed by atoms with Gasteiger partial charge in [-0.2, -0.15) is 0 Å². The largest absolute Gasteiger partial charge is 0.356 e. The van der Waals surface area contributed by atoms with E-state index in [1.165, 1.54) is 5.56 Å². The predicted molar refractivity (Wildman–Crippen MR) is 88.2 cm³/mol. The zero-order valence-electron chi connectivity index (χ0n) is 13.1. The van der Waals surface area contributed by atoms with Gasteiger partial charge in [0.25, 0.3) is 0 Å². The summed E-state index contributed by atoms with van der Waals surface area (Å²) in [5.74, 6) is 1.30. The van der Waals surface area contributed by atoms with Crippen molar-refractivity contribution < 1.29 is 0 Å². The highest BCUT2D eigenvalue weighted by atomic mass is 15.2. The Morgan fingerprint density at radius 3 is 2.55 bits per heavy atom. The molecule has 1 aromatic carbocycles. The van der Waals surface area contributed by atoms with Crippen LogP contribution in [0.1, 0.15) is 38.7 Å². The molecule has 1 rings (SSSR count). The molecular formula is C17H27N3. The van der Waals surface area contributed by atoms with Crippen molar-refractivity contribution in [3.8, 4) is 0 Å². The summed E-state index contributed by atoms with van der Waals surface area (Å²) >= 11 is 0. The lowest BCUT2D eigenvalue weighted by molar-refractivity contribution is 0.550. The fourth-order valence-electron chi connectivity index (χ4n) is 2.02. The average Bonchev–Trinajstić information content (AvgIpc) is 2.50. The Kier molecular flexibility index (Phi) is 7.48. The Morgan fingerprint density at radius 1 is 1.25 bits per heavy atom. The second-order valence-corrected chi connectivity index (χ2v) is 4.99. The normalized spacial score (nSPS) is 15.1. The molecule has 0 bridgehead atoms. The van der Waals surface area contributed by atoms with E-state index in [0.29, 0.717) is 12.0 Å². The summed E-state index contributed by atoms with van der Waals surface area (Å²) < 4.78 is 0. The minimum absolute atomic E-state index is 0.324. The summed E-state index contributed by atoms with van der Waals surface area (Å²) in [6.07, 6.45) is 5.23. The standard InChI is InChI=1S/C17H27N3/c1-5-6-10-13-19-17(18-4)20-15(3)14(2)16-11-8-7-9-12-16/h5-9,11-12,14-15H,10,13H2,1-4H3,(H2,18,19,20)/b6-5+. The van der Waals surface area contributed by atoms with Gasteiger partial charge in [-0.1, -0.05) is 49.4 Å². The fourth-order valence-corrected chi connectivity index (χ4v) is 2.02. The highest BCUT2D eigenvalue weighted by Gasteiger charge is 2.14. The number of hydrogen-bond acceptors (Lipinski definition) is 1. The highest BCUT2D eigenvalue weighted by Crippen LogP contribution is 2.18. The summed E-state index contributed by atoms with van der Waals surface area (Å²) in [7, 11) is 1.81. The molecule has 0 radical (unpaired) electrons. The van der Waals surface area contributed by atoms with Crippen molar-refractivity contribution in [3.63, 3.8) is 0 Å². The van der Waals surface area contributed by atoms with Gasteiger partial charge in [0, 0.05) is 25.6 Å². The smallest absolute Gasteiger partial charge is 0.191 e. The molecule has 2 N–H and O–H groups in total. The predicted octanol–water partition coefficient (Wildman–Crippen LogP) is 3.31. The Hall–Kier alpha value is -1.77. The lowest BCUT2D eigenvalue weighted by Crippen LogP contribution is -2.44. The van der Waals surface area contributed by atoms with Gasteiger partial charge in [-0.3, -0.25) is 4.99 Å². The van der Waals surface area contributed by atoms with Crippen LogP contribution in [-0.2, 0) is 0 Å². The summed E-state index contributed by atoms with van der Waals surface area (Å²) in [6, 6.07) is 10.9. The summed E-state index contributed by atoms with van der Waals surface area (Å²) in [5, 5.41) is 6.79. The number of hydrogen-bond donors (Lipinski definition) is 2. The topological polar surface area (TPSA) is 36.4 Å². The fraction of sp³-hybridized carbons (Fsp3) is 0.471. The first-order valence-electron chi connectivity index (χ1n) is 7.32. The van der Waals surface area contributed by atoms with E-state index in [4.69, 9.17) is 0 Å². The molecule has 0 saturated carbocycles. The Bertz CT molecular complexity index is 423. The molecular weight excluding hydrogens is 246 g/mol. The first kappa shape index (κ1) is 16.3. The van der Waals surface area contributed by atoms with Gasteiger partial charge >= 0.3 is 0 Å². The summed E-state index contributed by atoms with van der Waals surface area (Å²) in [6.45, 7) is 7.36. The maximum absolute atomic E-state index is 4.27. The average molecular weight is 273 g/mol. The van der Waals surface area contributed by atoms with Crippen LogP contribution in [0.5, 0.6) is 0 Å². The molecule has 2 unspecified atom stereocenters. The van der Waals surface area contributed by atoms with Crippen molar-refractivity contribution in [1.82, 2.24) is 10.6 Å². The van der Waals surface area contributed by atoms with Crippen LogP contribution in [-0.4, -0.2) is 25.6 Å². The summed E-state index contributed by atoms with van der Waals surface area (Å²) in [5.41, 5.74) is 1.34. The van der Waals surface area contributed by atoms with Crippen molar-refractivity contribution in [2.24, 2.45) is 4.99 Å². The lowest BCUT2D eigenvalue weighted by Gasteiger charge is -2.24. The van der Waals surface area contributed by atoms with E-state index in [2.05, 4.69) is 72.0 Å². The van der Waals surface area contributed by atoms with E-state index in [1.54, 1.807) is 0 Å². The van der Waals surface area contributed by atoms with Gasteiger partial charge < -0.3 is 10.6 Å². The van der Waals surface area contributed by atoms with Crippen LogP contribution < -0.4 is 10.6 Å². The minimum Gasteiger partial charge on any atom is -0.356 e. The van der Waals surface area contributed by atoms with E-state index in [-0.39, 0.29) is 0 Å². The molecule has 0 aliphatic carbocycles. The van der Waals surface area contributed by atoms with Crippen LogP contribution in [0.25, 0.3) is 0 Å². The van der Waals surface area contributed by atoms with E-state index >= 15 is 0 Å². The summed E-state index contributed by atoms with van der Waals surface area (Å²) in [4.78, 5) is 4.27. The van der Waals surface area contributed by atoms with E-state index in [0.717, 1.165) is 18.9 Å². The number of benzene rings is 1. The van der Waals surface area contributed by atoms with E-state index in [9.17, 15) is 0 Å². The zero-order chi connectivity index (χ0) is 14.8. The molecule has 0 spiro atoms. The van der Waals surface area contributed by atoms with Crippen LogP contribution >= 0.6 is 0 Å². The van der Waals surface area contributed by atoms with Crippen molar-refractivity contribution in [2.75, 3.05) is 13.6 Å². The van der Waals surface area contributed by atoms with Gasteiger partial charge in [-0.15, -0.1) is 0 Å². The molecule has 0 saturated heterocycles. The van der Waals surface area contributed by atoms with Crippen LogP contribution in [0.4, 0.5) is 0 Å². The molecule has 0 aromatic heterocycles. The minimum atomic E-state index is 0.324. The van der Waals surface area contributed by atoms with Crippen LogP contribution in [0.15, 0.2) is 47.5 Å². The molecule has 1 aromatic rings. The van der Waals surface area contributed by atoms with Crippen molar-refractivity contribution in [1.29, 1.82) is 0 Å². The monoisotopic (exact) mass is 273 g/mol. The maximum Gasteiger partial charge on any atom is 0.191 e. The number of aliphatic imine (C=N–C) groups is 1. The van der Waals surface area contributed by atoms with Gasteiger partial charge in [-0.25, -0.2) is 0 Å². The Balaban J connectivity index is 2.48. The highest BCUT2D eigenvalue weighted by molar-refractivity contribution is 5.80. The quantitative estimate of drug-likeness (QED) is 0.361. The molecule has 0 heterocycles. The van der Waals surface area contributed by atoms with Crippen LogP contribution in [0.2, 0.25) is 0 Å². The second-order valence-electron chi connectivity index (χ2n) is 4.99. The number of nitrogens with zero attached hydrogens (tertiary/aromatic N) is 1. The van der Waals surface area contributed by atoms with Gasteiger partial charge in [0.05, 0.1) is 0 Å². The van der Waals surface area contributed by atoms with Crippen molar-refractivity contribution in [2.45, 2.75) is 39.2 Å². The molecule has 2 atom stereocenters. The van der Waals surface area contributed by atoms with Gasteiger partial charge in [0.2, 0.25) is 0 Å². The van der Waals surface area contributed by atoms with E-state index in [1.807, 2.05) is 14.0 Å². The zero-order valence-corrected chi connectivity index (χ0v) is 13.1. The Morgan fingerprint density at radius 2 is 1.95 bits per heavy atom. The maximum atomic E-state index is 4.27. The third-order valence-electron chi connectivity index (χ3n) is 3.50. The molecule has 3 nitrogen and oxygen atoms in total. The number of guanidine groups is 1.